The highest BCUT2D eigenvalue weighted by molar-refractivity contribution is 6.02. The number of hydrogen-bond acceptors (Lipinski definition) is 5. The van der Waals surface area contributed by atoms with Crippen molar-refractivity contribution in [2.24, 2.45) is 0 Å². The fourth-order valence-electron chi connectivity index (χ4n) is 1.89. The lowest BCUT2D eigenvalue weighted by Gasteiger charge is -2.04. The normalized spacial score (nSPS) is 10.4. The molecule has 110 valence electrons. The molecule has 0 aliphatic carbocycles. The molecule has 0 aliphatic rings. The first-order chi connectivity index (χ1) is 10.6. The number of anilines is 1. The number of benzene rings is 1. The summed E-state index contributed by atoms with van der Waals surface area (Å²) in [6.07, 6.45) is 1.58. The summed E-state index contributed by atoms with van der Waals surface area (Å²) in [5.41, 5.74) is 2.01. The Kier molecular flexibility index (Phi) is 3.53. The molecule has 0 atom stereocenters. The molecular weight excluding hydrogens is 284 g/mol. The van der Waals surface area contributed by atoms with Gasteiger partial charge in [0.2, 0.25) is 0 Å². The number of nitrogens with zero attached hydrogens (tertiary/aromatic N) is 2. The zero-order valence-electron chi connectivity index (χ0n) is 11.7. The van der Waals surface area contributed by atoms with E-state index in [1.165, 1.54) is 12.1 Å². The molecule has 7 nitrogen and oxygen atoms in total. The van der Waals surface area contributed by atoms with Crippen LogP contribution in [0.5, 0.6) is 0 Å². The van der Waals surface area contributed by atoms with Crippen molar-refractivity contribution in [1.82, 2.24) is 15.2 Å². The minimum absolute atomic E-state index is 0.135. The van der Waals surface area contributed by atoms with Crippen LogP contribution < -0.4 is 10.9 Å². The predicted octanol–water partition coefficient (Wildman–Crippen LogP) is 1.99. The Balaban J connectivity index is 1.74. The molecule has 7 heteroatoms. The number of carbonyl (C=O) groups excluding carboxylic acids is 1. The van der Waals surface area contributed by atoms with Crippen molar-refractivity contribution in [3.05, 3.63) is 64.6 Å². The Morgan fingerprint density at radius 1 is 1.18 bits per heavy atom. The van der Waals surface area contributed by atoms with Crippen LogP contribution in [-0.2, 0) is 0 Å². The summed E-state index contributed by atoms with van der Waals surface area (Å²) in [5, 5.41) is 8.58. The molecule has 1 aromatic carbocycles. The van der Waals surface area contributed by atoms with Crippen molar-refractivity contribution in [3.63, 3.8) is 0 Å². The molecule has 2 heterocycles. The highest BCUT2D eigenvalue weighted by atomic mass is 16.3. The summed E-state index contributed by atoms with van der Waals surface area (Å²) in [6, 6.07) is 9.77. The highest BCUT2D eigenvalue weighted by Gasteiger charge is 2.08. The largest absolute Gasteiger partial charge is 0.449 e. The van der Waals surface area contributed by atoms with Crippen molar-refractivity contribution < 1.29 is 9.21 Å². The zero-order chi connectivity index (χ0) is 15.5. The van der Waals surface area contributed by atoms with E-state index < -0.39 is 5.91 Å². The molecule has 0 radical (unpaired) electrons. The Morgan fingerprint density at radius 3 is 2.55 bits per heavy atom. The second-order valence-electron chi connectivity index (χ2n) is 4.59. The summed E-state index contributed by atoms with van der Waals surface area (Å²) < 4.78 is 5.16. The zero-order valence-corrected chi connectivity index (χ0v) is 11.7. The van der Waals surface area contributed by atoms with Gasteiger partial charge in [0.1, 0.15) is 17.7 Å². The molecule has 1 amide bonds. The Labute approximate surface area is 125 Å². The van der Waals surface area contributed by atoms with Crippen LogP contribution >= 0.6 is 0 Å². The van der Waals surface area contributed by atoms with E-state index in [1.807, 2.05) is 12.1 Å². The van der Waals surface area contributed by atoms with E-state index in [9.17, 15) is 9.59 Å². The van der Waals surface area contributed by atoms with E-state index in [-0.39, 0.29) is 11.3 Å². The number of amides is 1. The Hall–Kier alpha value is -3.22. The van der Waals surface area contributed by atoms with Gasteiger partial charge in [0.15, 0.2) is 5.89 Å². The van der Waals surface area contributed by atoms with Crippen LogP contribution in [0.1, 0.15) is 16.4 Å². The van der Waals surface area contributed by atoms with Crippen molar-refractivity contribution in [1.29, 1.82) is 0 Å². The highest BCUT2D eigenvalue weighted by Crippen LogP contribution is 2.20. The topological polar surface area (TPSA) is 101 Å². The molecule has 0 aliphatic heterocycles. The molecule has 22 heavy (non-hydrogen) atoms. The Bertz CT molecular complexity index is 844. The molecular formula is C15H12N4O3. The van der Waals surface area contributed by atoms with E-state index in [0.717, 1.165) is 11.3 Å². The van der Waals surface area contributed by atoms with Crippen LogP contribution in [0.25, 0.3) is 11.3 Å². The van der Waals surface area contributed by atoms with Crippen LogP contribution in [0, 0.1) is 6.92 Å². The lowest BCUT2D eigenvalue weighted by Crippen LogP contribution is -2.17. The molecule has 0 spiro atoms. The van der Waals surface area contributed by atoms with Gasteiger partial charge in [0.05, 0.1) is 0 Å². The second kappa shape index (κ2) is 5.65. The number of nitrogens with one attached hydrogen (secondary N) is 2. The average molecular weight is 296 g/mol. The number of aryl methyl sites for hydroxylation is 1. The minimum Gasteiger partial charge on any atom is -0.449 e. The standard InChI is InChI=1S/C15H12N4O3/c1-9-16-13(8-22-9)10-2-4-11(5-3-10)17-15(21)12-6-7-14(20)19-18-12/h2-8H,1H3,(H,17,21)(H,19,20). The molecule has 2 aromatic heterocycles. The molecule has 2 N–H and O–H groups in total. The first-order valence-corrected chi connectivity index (χ1v) is 6.51. The summed E-state index contributed by atoms with van der Waals surface area (Å²) in [5.74, 6) is 0.192. The van der Waals surface area contributed by atoms with Gasteiger partial charge in [-0.05, 0) is 18.2 Å². The third-order valence-electron chi connectivity index (χ3n) is 2.97. The predicted molar refractivity (Wildman–Crippen MR) is 79.5 cm³/mol. The average Bonchev–Trinajstić information content (AvgIpc) is 2.95. The van der Waals surface area contributed by atoms with Gasteiger partial charge in [-0.2, -0.15) is 5.10 Å². The number of H-pyrrole nitrogens is 1. The van der Waals surface area contributed by atoms with E-state index >= 15 is 0 Å². The minimum atomic E-state index is -0.402. The summed E-state index contributed by atoms with van der Waals surface area (Å²) in [6.45, 7) is 1.77. The van der Waals surface area contributed by atoms with Crippen molar-refractivity contribution in [3.8, 4) is 11.3 Å². The van der Waals surface area contributed by atoms with Crippen LogP contribution in [0.15, 0.2) is 51.9 Å². The number of aromatic amines is 1. The van der Waals surface area contributed by atoms with Crippen molar-refractivity contribution in [2.75, 3.05) is 5.32 Å². The molecule has 0 saturated heterocycles. The quantitative estimate of drug-likeness (QED) is 0.769. The summed E-state index contributed by atoms with van der Waals surface area (Å²) in [7, 11) is 0. The van der Waals surface area contributed by atoms with Gasteiger partial charge in [-0.15, -0.1) is 0 Å². The molecule has 0 saturated carbocycles. The van der Waals surface area contributed by atoms with E-state index in [2.05, 4.69) is 20.5 Å². The SMILES string of the molecule is Cc1nc(-c2ccc(NC(=O)c3ccc(=O)[nH]n3)cc2)co1. The molecule has 3 aromatic rings. The van der Waals surface area contributed by atoms with Crippen molar-refractivity contribution >= 4 is 11.6 Å². The molecule has 0 bridgehead atoms. The van der Waals surface area contributed by atoms with Gasteiger partial charge in [-0.1, -0.05) is 12.1 Å². The summed E-state index contributed by atoms with van der Waals surface area (Å²) in [4.78, 5) is 27.1. The molecule has 0 fully saturated rings. The van der Waals surface area contributed by atoms with E-state index in [0.29, 0.717) is 11.6 Å². The lowest BCUT2D eigenvalue weighted by atomic mass is 10.1. The smallest absolute Gasteiger partial charge is 0.276 e. The lowest BCUT2D eigenvalue weighted by molar-refractivity contribution is 0.102. The van der Waals surface area contributed by atoms with Crippen LogP contribution in [0.2, 0.25) is 0 Å². The van der Waals surface area contributed by atoms with Gasteiger partial charge < -0.3 is 9.73 Å². The third-order valence-corrected chi connectivity index (χ3v) is 2.97. The maximum absolute atomic E-state index is 12.0. The van der Waals surface area contributed by atoms with Crippen molar-refractivity contribution in [2.45, 2.75) is 6.92 Å². The van der Waals surface area contributed by atoms with Gasteiger partial charge in [0.25, 0.3) is 11.5 Å². The monoisotopic (exact) mass is 296 g/mol. The van der Waals surface area contributed by atoms with E-state index in [1.54, 1.807) is 25.3 Å². The fourth-order valence-corrected chi connectivity index (χ4v) is 1.89. The summed E-state index contributed by atoms with van der Waals surface area (Å²) >= 11 is 0. The van der Waals surface area contributed by atoms with Gasteiger partial charge in [-0.3, -0.25) is 9.59 Å². The number of hydrogen-bond donors (Lipinski definition) is 2. The second-order valence-corrected chi connectivity index (χ2v) is 4.59. The Morgan fingerprint density at radius 2 is 1.95 bits per heavy atom. The van der Waals surface area contributed by atoms with Crippen LogP contribution in [0.3, 0.4) is 0 Å². The van der Waals surface area contributed by atoms with Crippen LogP contribution in [0.4, 0.5) is 5.69 Å². The number of rotatable bonds is 3. The maximum Gasteiger partial charge on any atom is 0.276 e. The first kappa shape index (κ1) is 13.7. The maximum atomic E-state index is 12.0. The molecule has 0 unspecified atom stereocenters. The van der Waals surface area contributed by atoms with Gasteiger partial charge in [0, 0.05) is 24.2 Å². The van der Waals surface area contributed by atoms with Gasteiger partial charge in [-0.25, -0.2) is 10.1 Å². The number of carbonyl (C=O) groups is 1. The van der Waals surface area contributed by atoms with E-state index in [4.69, 9.17) is 4.42 Å². The number of oxazole rings is 1. The molecule has 3 rings (SSSR count). The van der Waals surface area contributed by atoms with Crippen LogP contribution in [-0.4, -0.2) is 21.1 Å². The first-order valence-electron chi connectivity index (χ1n) is 6.51. The number of aromatic nitrogens is 3. The van der Waals surface area contributed by atoms with Gasteiger partial charge >= 0.3 is 0 Å². The third kappa shape index (κ3) is 2.93. The fraction of sp³-hybridized carbons (Fsp3) is 0.0667.